The maximum atomic E-state index is 12.1. The number of amides is 1. The predicted octanol–water partition coefficient (Wildman–Crippen LogP) is 5.10. The van der Waals surface area contributed by atoms with Crippen LogP contribution in [-0.2, 0) is 11.2 Å². The fraction of sp³-hybridized carbons (Fsp3) is 0.263. The van der Waals surface area contributed by atoms with Crippen molar-refractivity contribution in [3.63, 3.8) is 0 Å². The maximum Gasteiger partial charge on any atom is 0.220 e. The number of aromatic nitrogens is 2. The summed E-state index contributed by atoms with van der Waals surface area (Å²) in [6.07, 6.45) is 4.15. The van der Waals surface area contributed by atoms with Crippen molar-refractivity contribution in [2.45, 2.75) is 32.2 Å². The number of aryl methyl sites for hydroxylation is 1. The van der Waals surface area contributed by atoms with Gasteiger partial charge in [0.25, 0.3) is 0 Å². The second kappa shape index (κ2) is 8.45. The van der Waals surface area contributed by atoms with E-state index in [2.05, 4.69) is 42.7 Å². The van der Waals surface area contributed by atoms with Gasteiger partial charge in [0.1, 0.15) is 5.82 Å². The highest BCUT2D eigenvalue weighted by Gasteiger charge is 2.13. The number of aromatic amines is 1. The molecule has 1 amide bonds. The number of imidazole rings is 1. The first-order valence-corrected chi connectivity index (χ1v) is 9.91. The van der Waals surface area contributed by atoms with E-state index in [1.54, 1.807) is 17.5 Å². The average molecular weight is 418 g/mol. The Labute approximate surface area is 159 Å². The fourth-order valence-corrected chi connectivity index (χ4v) is 3.61. The van der Waals surface area contributed by atoms with Crippen molar-refractivity contribution in [1.29, 1.82) is 0 Å². The summed E-state index contributed by atoms with van der Waals surface area (Å²) in [4.78, 5) is 21.1. The molecule has 1 aromatic carbocycles. The van der Waals surface area contributed by atoms with Crippen LogP contribution in [-0.4, -0.2) is 15.9 Å². The van der Waals surface area contributed by atoms with Gasteiger partial charge in [0, 0.05) is 15.8 Å². The smallest absolute Gasteiger partial charge is 0.220 e. The third-order valence-electron chi connectivity index (χ3n) is 3.95. The van der Waals surface area contributed by atoms with Gasteiger partial charge in [-0.1, -0.05) is 34.1 Å². The molecule has 0 saturated heterocycles. The monoisotopic (exact) mass is 417 g/mol. The highest BCUT2D eigenvalue weighted by Crippen LogP contribution is 2.21. The van der Waals surface area contributed by atoms with E-state index >= 15 is 0 Å². The molecule has 2 aromatic heterocycles. The van der Waals surface area contributed by atoms with Gasteiger partial charge in [0.05, 0.1) is 17.9 Å². The zero-order chi connectivity index (χ0) is 17.6. The summed E-state index contributed by atoms with van der Waals surface area (Å²) < 4.78 is 1.04. The molecule has 0 saturated carbocycles. The molecule has 25 heavy (non-hydrogen) atoms. The number of H-pyrrole nitrogens is 1. The number of nitrogens with zero attached hydrogens (tertiary/aromatic N) is 1. The second-order valence-corrected chi connectivity index (χ2v) is 7.86. The summed E-state index contributed by atoms with van der Waals surface area (Å²) in [5.41, 5.74) is 2.01. The van der Waals surface area contributed by atoms with Crippen LogP contribution in [0.15, 0.2) is 52.4 Å². The number of thiophene rings is 1. The van der Waals surface area contributed by atoms with E-state index in [0.29, 0.717) is 6.42 Å². The van der Waals surface area contributed by atoms with Crippen molar-refractivity contribution in [2.75, 3.05) is 0 Å². The Morgan fingerprint density at radius 3 is 2.84 bits per heavy atom. The van der Waals surface area contributed by atoms with E-state index in [1.165, 1.54) is 4.88 Å². The molecule has 1 atom stereocenters. The lowest BCUT2D eigenvalue weighted by atomic mass is 10.2. The van der Waals surface area contributed by atoms with Crippen LogP contribution in [0.25, 0.3) is 11.3 Å². The van der Waals surface area contributed by atoms with Crippen LogP contribution in [0.1, 0.15) is 36.5 Å². The van der Waals surface area contributed by atoms with Crippen molar-refractivity contribution in [3.05, 3.63) is 63.1 Å². The lowest BCUT2D eigenvalue weighted by molar-refractivity contribution is -0.121. The van der Waals surface area contributed by atoms with Gasteiger partial charge >= 0.3 is 0 Å². The molecule has 0 unspecified atom stereocenters. The SMILES string of the molecule is C[C@H](NC(=O)CCCc1cccs1)c1ncc(-c2ccc(Br)cc2)[nH]1. The summed E-state index contributed by atoms with van der Waals surface area (Å²) in [5, 5.41) is 5.08. The highest BCUT2D eigenvalue weighted by molar-refractivity contribution is 9.10. The van der Waals surface area contributed by atoms with Crippen LogP contribution >= 0.6 is 27.3 Å². The van der Waals surface area contributed by atoms with Crippen molar-refractivity contribution in [1.82, 2.24) is 15.3 Å². The molecule has 3 rings (SSSR count). The zero-order valence-electron chi connectivity index (χ0n) is 14.0. The molecule has 0 aliphatic heterocycles. The molecule has 3 aromatic rings. The Bertz CT molecular complexity index is 812. The average Bonchev–Trinajstić information content (AvgIpc) is 3.27. The van der Waals surface area contributed by atoms with Crippen LogP contribution in [0.3, 0.4) is 0 Å². The van der Waals surface area contributed by atoms with E-state index < -0.39 is 0 Å². The van der Waals surface area contributed by atoms with E-state index in [9.17, 15) is 4.79 Å². The molecule has 6 heteroatoms. The standard InChI is InChI=1S/C19H20BrN3OS/c1-13(22-18(24)6-2-4-16-5-3-11-25-16)19-21-12-17(23-19)14-7-9-15(20)10-8-14/h3,5,7-13H,2,4,6H2,1H3,(H,21,23)(H,22,24)/t13-/m0/s1. The number of nitrogens with one attached hydrogen (secondary N) is 2. The van der Waals surface area contributed by atoms with Crippen LogP contribution in [0, 0.1) is 0 Å². The Balaban J connectivity index is 1.51. The zero-order valence-corrected chi connectivity index (χ0v) is 16.4. The van der Waals surface area contributed by atoms with Crippen LogP contribution in [0.2, 0.25) is 0 Å². The minimum absolute atomic E-state index is 0.0608. The van der Waals surface area contributed by atoms with Gasteiger partial charge in [-0.3, -0.25) is 4.79 Å². The Morgan fingerprint density at radius 1 is 1.32 bits per heavy atom. The summed E-state index contributed by atoms with van der Waals surface area (Å²) >= 11 is 5.17. The minimum Gasteiger partial charge on any atom is -0.346 e. The number of hydrogen-bond donors (Lipinski definition) is 2. The first-order chi connectivity index (χ1) is 12.1. The third-order valence-corrected chi connectivity index (χ3v) is 5.41. The largest absolute Gasteiger partial charge is 0.346 e. The fourth-order valence-electron chi connectivity index (χ4n) is 2.59. The number of halogens is 1. The lowest BCUT2D eigenvalue weighted by Gasteiger charge is -2.11. The molecule has 0 aliphatic carbocycles. The number of hydrogen-bond acceptors (Lipinski definition) is 3. The molecule has 2 N–H and O–H groups in total. The van der Waals surface area contributed by atoms with Crippen LogP contribution in [0.4, 0.5) is 0 Å². The van der Waals surface area contributed by atoms with Crippen molar-refractivity contribution in [2.24, 2.45) is 0 Å². The molecule has 0 aliphatic rings. The van der Waals surface area contributed by atoms with Crippen molar-refractivity contribution < 1.29 is 4.79 Å². The first-order valence-electron chi connectivity index (χ1n) is 8.24. The quantitative estimate of drug-likeness (QED) is 0.561. The molecule has 0 radical (unpaired) electrons. The molecule has 2 heterocycles. The summed E-state index contributed by atoms with van der Waals surface area (Å²) in [5.74, 6) is 0.829. The van der Waals surface area contributed by atoms with E-state index in [-0.39, 0.29) is 11.9 Å². The molecular weight excluding hydrogens is 398 g/mol. The van der Waals surface area contributed by atoms with Gasteiger partial charge in [0.2, 0.25) is 5.91 Å². The maximum absolute atomic E-state index is 12.1. The van der Waals surface area contributed by atoms with E-state index in [0.717, 1.165) is 34.4 Å². The minimum atomic E-state index is -0.140. The normalized spacial score (nSPS) is 12.1. The van der Waals surface area contributed by atoms with Gasteiger partial charge in [0.15, 0.2) is 0 Å². The Hall–Kier alpha value is -1.92. The van der Waals surface area contributed by atoms with Crippen LogP contribution < -0.4 is 5.32 Å². The van der Waals surface area contributed by atoms with Gasteiger partial charge in [-0.2, -0.15) is 0 Å². The van der Waals surface area contributed by atoms with Crippen molar-refractivity contribution >= 4 is 33.2 Å². The summed E-state index contributed by atoms with van der Waals surface area (Å²) in [7, 11) is 0. The molecule has 4 nitrogen and oxygen atoms in total. The summed E-state index contributed by atoms with van der Waals surface area (Å²) in [6, 6.07) is 12.0. The number of carbonyl (C=O) groups excluding carboxylic acids is 1. The van der Waals surface area contributed by atoms with Crippen LogP contribution in [0.5, 0.6) is 0 Å². The van der Waals surface area contributed by atoms with Gasteiger partial charge in [-0.15, -0.1) is 11.3 Å². The second-order valence-electron chi connectivity index (χ2n) is 5.91. The number of benzene rings is 1. The van der Waals surface area contributed by atoms with Gasteiger partial charge in [-0.25, -0.2) is 4.98 Å². The molecular formula is C19H20BrN3OS. The molecule has 0 bridgehead atoms. The lowest BCUT2D eigenvalue weighted by Crippen LogP contribution is -2.27. The number of rotatable bonds is 7. The first kappa shape index (κ1) is 17.9. The highest BCUT2D eigenvalue weighted by atomic mass is 79.9. The van der Waals surface area contributed by atoms with Gasteiger partial charge in [-0.05, 0) is 48.9 Å². The van der Waals surface area contributed by atoms with E-state index in [4.69, 9.17) is 0 Å². The van der Waals surface area contributed by atoms with E-state index in [1.807, 2.05) is 37.3 Å². The third kappa shape index (κ3) is 5.03. The van der Waals surface area contributed by atoms with Crippen molar-refractivity contribution in [3.8, 4) is 11.3 Å². The Kier molecular flexibility index (Phi) is 6.04. The summed E-state index contributed by atoms with van der Waals surface area (Å²) in [6.45, 7) is 1.95. The predicted molar refractivity (Wildman–Crippen MR) is 106 cm³/mol. The molecule has 0 fully saturated rings. The Morgan fingerprint density at radius 2 is 2.12 bits per heavy atom. The van der Waals surface area contributed by atoms with Gasteiger partial charge < -0.3 is 10.3 Å². The number of carbonyl (C=O) groups is 1. The topological polar surface area (TPSA) is 57.8 Å². The molecule has 0 spiro atoms. The molecule has 130 valence electrons.